The number of β-amino-alcohol motifs (C(OH)–C–C–N with tert-alkyl or cyclic N) is 1. The smallest absolute Gasteiger partial charge is 0.411 e. The third-order valence-electron chi connectivity index (χ3n) is 3.08. The summed E-state index contributed by atoms with van der Waals surface area (Å²) in [5, 5.41) is 19.0. The number of carboxylic acid groups (broad SMARTS) is 1. The molecule has 18 heavy (non-hydrogen) atoms. The molecule has 0 radical (unpaired) electrons. The van der Waals surface area contributed by atoms with Gasteiger partial charge in [0.15, 0.2) is 0 Å². The summed E-state index contributed by atoms with van der Waals surface area (Å²) in [7, 11) is 0. The van der Waals surface area contributed by atoms with Crippen LogP contribution in [0.5, 0.6) is 0 Å². The van der Waals surface area contributed by atoms with Crippen LogP contribution in [-0.4, -0.2) is 51.0 Å². The maximum absolute atomic E-state index is 12.0. The number of carbonyl (C=O) groups excluding carboxylic acids is 1. The molecule has 1 heterocycles. The Bertz CT molecular complexity index is 349. The van der Waals surface area contributed by atoms with Gasteiger partial charge in [-0.25, -0.2) is 9.59 Å². The zero-order chi connectivity index (χ0) is 14.1. The number of rotatable bonds is 2. The summed E-state index contributed by atoms with van der Waals surface area (Å²) in [5.74, 6) is -1.10. The maximum Gasteiger partial charge on any atom is 0.411 e. The molecule has 1 saturated heterocycles. The van der Waals surface area contributed by atoms with E-state index < -0.39 is 29.3 Å². The molecule has 1 aliphatic rings. The Hall–Kier alpha value is -1.30. The minimum atomic E-state index is -1.36. The van der Waals surface area contributed by atoms with E-state index >= 15 is 0 Å². The number of aliphatic carboxylic acids is 1. The molecular weight excluding hydrogens is 238 g/mol. The van der Waals surface area contributed by atoms with Crippen molar-refractivity contribution < 1.29 is 24.5 Å². The molecule has 6 nitrogen and oxygen atoms in total. The molecular formula is C12H21NO5. The predicted octanol–water partition coefficient (Wildman–Crippen LogP) is 1.22. The number of hydrogen-bond acceptors (Lipinski definition) is 4. The van der Waals surface area contributed by atoms with Crippen LogP contribution in [0.4, 0.5) is 4.79 Å². The molecule has 2 atom stereocenters. The van der Waals surface area contributed by atoms with Crippen LogP contribution >= 0.6 is 0 Å². The van der Waals surface area contributed by atoms with Gasteiger partial charge in [0.2, 0.25) is 0 Å². The molecule has 2 N–H and O–H groups in total. The molecule has 0 aliphatic carbocycles. The summed E-state index contributed by atoms with van der Waals surface area (Å²) in [4.78, 5) is 24.6. The van der Waals surface area contributed by atoms with Gasteiger partial charge in [0.1, 0.15) is 11.1 Å². The van der Waals surface area contributed by atoms with Crippen LogP contribution in [0, 0.1) is 0 Å². The number of ether oxygens (including phenoxy) is 1. The molecule has 0 aromatic heterocycles. The molecule has 0 aromatic rings. The monoisotopic (exact) mass is 259 g/mol. The minimum absolute atomic E-state index is 0.00491. The summed E-state index contributed by atoms with van der Waals surface area (Å²) < 4.78 is 5.19. The van der Waals surface area contributed by atoms with Gasteiger partial charge >= 0.3 is 12.1 Å². The molecule has 1 fully saturated rings. The van der Waals surface area contributed by atoms with Crippen LogP contribution in [0.2, 0.25) is 0 Å². The molecule has 0 aromatic carbocycles. The lowest BCUT2D eigenvalue weighted by atomic mass is 9.92. The topological polar surface area (TPSA) is 87.1 Å². The van der Waals surface area contributed by atoms with E-state index in [4.69, 9.17) is 4.74 Å². The molecule has 1 rings (SSSR count). The number of hydrogen-bond donors (Lipinski definition) is 2. The number of aliphatic hydroxyl groups excluding tert-OH is 1. The van der Waals surface area contributed by atoms with E-state index in [2.05, 4.69) is 0 Å². The van der Waals surface area contributed by atoms with E-state index in [-0.39, 0.29) is 19.4 Å². The van der Waals surface area contributed by atoms with Crippen LogP contribution < -0.4 is 0 Å². The van der Waals surface area contributed by atoms with E-state index in [0.717, 1.165) is 4.90 Å². The van der Waals surface area contributed by atoms with Crippen molar-refractivity contribution in [2.45, 2.75) is 57.8 Å². The molecule has 1 amide bonds. The standard InChI is InChI=1S/C12H21NO5/c1-5-12(9(15)16)6-8(14)7-13(12)10(17)18-11(2,3)4/h8,14H,5-7H2,1-4H3,(H,15,16)/t8-,12-/m1/s1. The highest BCUT2D eigenvalue weighted by Gasteiger charge is 2.53. The average Bonchev–Trinajstić information content (AvgIpc) is 2.54. The average molecular weight is 259 g/mol. The molecule has 104 valence electrons. The first-order valence-corrected chi connectivity index (χ1v) is 6.04. The SMILES string of the molecule is CC[C@]1(C(=O)O)C[C@@H](O)CN1C(=O)OC(C)(C)C. The van der Waals surface area contributed by atoms with Crippen molar-refractivity contribution in [3.05, 3.63) is 0 Å². The van der Waals surface area contributed by atoms with Gasteiger partial charge in [-0.2, -0.15) is 0 Å². The lowest BCUT2D eigenvalue weighted by Gasteiger charge is -2.34. The normalized spacial score (nSPS) is 28.3. The number of amides is 1. The first-order valence-electron chi connectivity index (χ1n) is 6.04. The molecule has 0 bridgehead atoms. The van der Waals surface area contributed by atoms with Gasteiger partial charge in [-0.1, -0.05) is 6.92 Å². The van der Waals surface area contributed by atoms with Crippen LogP contribution in [0.3, 0.4) is 0 Å². The van der Waals surface area contributed by atoms with Gasteiger partial charge in [-0.05, 0) is 27.2 Å². The highest BCUT2D eigenvalue weighted by atomic mass is 16.6. The zero-order valence-electron chi connectivity index (χ0n) is 11.3. The second-order valence-corrected chi connectivity index (χ2v) is 5.64. The molecule has 0 saturated carbocycles. The Balaban J connectivity index is 2.98. The van der Waals surface area contributed by atoms with Crippen LogP contribution in [-0.2, 0) is 9.53 Å². The summed E-state index contributed by atoms with van der Waals surface area (Å²) >= 11 is 0. The number of carbonyl (C=O) groups is 2. The third-order valence-corrected chi connectivity index (χ3v) is 3.08. The van der Waals surface area contributed by atoms with Crippen molar-refractivity contribution in [2.75, 3.05) is 6.54 Å². The van der Waals surface area contributed by atoms with Crippen molar-refractivity contribution in [2.24, 2.45) is 0 Å². The molecule has 0 spiro atoms. The van der Waals surface area contributed by atoms with E-state index in [1.165, 1.54) is 0 Å². The summed E-state index contributed by atoms with van der Waals surface area (Å²) in [6, 6.07) is 0. The lowest BCUT2D eigenvalue weighted by Crippen LogP contribution is -2.53. The number of aliphatic hydroxyl groups is 1. The highest BCUT2D eigenvalue weighted by molar-refractivity contribution is 5.85. The van der Waals surface area contributed by atoms with Gasteiger partial charge in [-0.15, -0.1) is 0 Å². The van der Waals surface area contributed by atoms with Crippen LogP contribution in [0.1, 0.15) is 40.5 Å². The van der Waals surface area contributed by atoms with Crippen LogP contribution in [0.25, 0.3) is 0 Å². The number of likely N-dealkylation sites (tertiary alicyclic amines) is 1. The Morgan fingerprint density at radius 2 is 2.00 bits per heavy atom. The fourth-order valence-corrected chi connectivity index (χ4v) is 2.21. The quantitative estimate of drug-likeness (QED) is 0.778. The summed E-state index contributed by atoms with van der Waals surface area (Å²) in [6.45, 7) is 6.82. The maximum atomic E-state index is 12.0. The van der Waals surface area contributed by atoms with E-state index in [9.17, 15) is 19.8 Å². The van der Waals surface area contributed by atoms with Crippen LogP contribution in [0.15, 0.2) is 0 Å². The van der Waals surface area contributed by atoms with Gasteiger partial charge < -0.3 is 14.9 Å². The Kier molecular flexibility index (Phi) is 3.90. The van der Waals surface area contributed by atoms with Crippen molar-refractivity contribution in [1.82, 2.24) is 4.90 Å². The van der Waals surface area contributed by atoms with Crippen molar-refractivity contribution in [3.8, 4) is 0 Å². The number of carboxylic acids is 1. The first kappa shape index (κ1) is 14.8. The zero-order valence-corrected chi connectivity index (χ0v) is 11.3. The second-order valence-electron chi connectivity index (χ2n) is 5.64. The molecule has 1 aliphatic heterocycles. The van der Waals surface area contributed by atoms with Gasteiger partial charge in [0.05, 0.1) is 12.6 Å². The first-order chi connectivity index (χ1) is 8.12. The van der Waals surface area contributed by atoms with Gasteiger partial charge in [0.25, 0.3) is 0 Å². The largest absolute Gasteiger partial charge is 0.479 e. The van der Waals surface area contributed by atoms with E-state index in [1.807, 2.05) is 0 Å². The van der Waals surface area contributed by atoms with E-state index in [0.29, 0.717) is 0 Å². The fourth-order valence-electron chi connectivity index (χ4n) is 2.21. The Morgan fingerprint density at radius 1 is 1.44 bits per heavy atom. The summed E-state index contributed by atoms with van der Waals surface area (Å²) in [5.41, 5.74) is -2.05. The Labute approximate surface area is 107 Å². The van der Waals surface area contributed by atoms with Gasteiger partial charge in [-0.3, -0.25) is 4.90 Å². The fraction of sp³-hybridized carbons (Fsp3) is 0.833. The lowest BCUT2D eigenvalue weighted by molar-refractivity contribution is -0.149. The highest BCUT2D eigenvalue weighted by Crippen LogP contribution is 2.34. The van der Waals surface area contributed by atoms with Gasteiger partial charge in [0, 0.05) is 6.42 Å². The van der Waals surface area contributed by atoms with Crippen molar-refractivity contribution in [3.63, 3.8) is 0 Å². The predicted molar refractivity (Wildman–Crippen MR) is 64.2 cm³/mol. The second kappa shape index (κ2) is 4.76. The van der Waals surface area contributed by atoms with E-state index in [1.54, 1.807) is 27.7 Å². The van der Waals surface area contributed by atoms with Crippen molar-refractivity contribution >= 4 is 12.1 Å². The molecule has 6 heteroatoms. The Morgan fingerprint density at radius 3 is 2.39 bits per heavy atom. The third kappa shape index (κ3) is 2.75. The summed E-state index contributed by atoms with van der Waals surface area (Å²) in [6.07, 6.45) is -1.24. The number of nitrogens with zero attached hydrogens (tertiary/aromatic N) is 1. The minimum Gasteiger partial charge on any atom is -0.479 e. The van der Waals surface area contributed by atoms with Crippen molar-refractivity contribution in [1.29, 1.82) is 0 Å². The molecule has 0 unspecified atom stereocenters.